The molecule has 2 rings (SSSR count). The van der Waals surface area contributed by atoms with E-state index in [1.165, 1.54) is 0 Å². The number of hydrogen-bond acceptors (Lipinski definition) is 2. The Kier molecular flexibility index (Phi) is 2.00. The topological polar surface area (TPSA) is 41.0 Å². The van der Waals surface area contributed by atoms with Crippen molar-refractivity contribution in [3.63, 3.8) is 0 Å². The molecule has 0 fully saturated rings. The van der Waals surface area contributed by atoms with Crippen LogP contribution in [0.15, 0.2) is 11.0 Å². The van der Waals surface area contributed by atoms with E-state index in [1.54, 1.807) is 0 Å². The molecule has 0 radical (unpaired) electrons. The van der Waals surface area contributed by atoms with Crippen LogP contribution < -0.4 is 5.69 Å². The van der Waals surface area contributed by atoms with Crippen molar-refractivity contribution in [2.75, 3.05) is 6.54 Å². The summed E-state index contributed by atoms with van der Waals surface area (Å²) in [6, 6.07) is 0.554. The summed E-state index contributed by atoms with van der Waals surface area (Å²) < 4.78 is 1.82. The highest BCUT2D eigenvalue weighted by atomic mass is 16.1. The van der Waals surface area contributed by atoms with Crippen molar-refractivity contribution in [1.82, 2.24) is 14.5 Å². The number of fused-ring (bicyclic) bond motifs is 1. The van der Waals surface area contributed by atoms with Gasteiger partial charge in [-0.05, 0) is 13.8 Å². The van der Waals surface area contributed by atoms with E-state index in [1.807, 2.05) is 10.8 Å². The first kappa shape index (κ1) is 8.56. The lowest BCUT2D eigenvalue weighted by molar-refractivity contribution is 0.175. The molecule has 1 aromatic rings. The molecule has 0 saturated heterocycles. The molecule has 1 aromatic heterocycles. The maximum Gasteiger partial charge on any atom is 0.325 e. The minimum Gasteiger partial charge on any atom is -0.312 e. The lowest BCUT2D eigenvalue weighted by Gasteiger charge is -2.30. The average Bonchev–Trinajstić information content (AvgIpc) is 2.47. The van der Waals surface area contributed by atoms with Gasteiger partial charge in [0.2, 0.25) is 0 Å². The van der Waals surface area contributed by atoms with Gasteiger partial charge in [-0.2, -0.15) is 0 Å². The Morgan fingerprint density at radius 1 is 1.46 bits per heavy atom. The van der Waals surface area contributed by atoms with Gasteiger partial charge in [-0.1, -0.05) is 0 Å². The molecule has 0 atom stereocenters. The third kappa shape index (κ3) is 1.42. The molecule has 0 unspecified atom stereocenters. The van der Waals surface area contributed by atoms with E-state index in [9.17, 15) is 4.79 Å². The Balaban J connectivity index is 2.25. The molecule has 13 heavy (non-hydrogen) atoms. The first-order chi connectivity index (χ1) is 6.18. The Bertz CT molecular complexity index is 350. The van der Waals surface area contributed by atoms with Crippen molar-refractivity contribution < 1.29 is 0 Å². The second-order valence-electron chi connectivity index (χ2n) is 3.80. The Morgan fingerprint density at radius 2 is 2.23 bits per heavy atom. The van der Waals surface area contributed by atoms with Gasteiger partial charge in [-0.25, -0.2) is 4.79 Å². The molecule has 1 N–H and O–H groups in total. The zero-order chi connectivity index (χ0) is 9.42. The van der Waals surface area contributed by atoms with Crippen LogP contribution in [0.2, 0.25) is 0 Å². The summed E-state index contributed by atoms with van der Waals surface area (Å²) >= 11 is 0. The van der Waals surface area contributed by atoms with Gasteiger partial charge in [-0.3, -0.25) is 9.47 Å². The minimum absolute atomic E-state index is 0.0263. The van der Waals surface area contributed by atoms with Crippen molar-refractivity contribution in [3.05, 3.63) is 22.4 Å². The summed E-state index contributed by atoms with van der Waals surface area (Å²) in [6.45, 7) is 7.04. The summed E-state index contributed by atoms with van der Waals surface area (Å²) in [5, 5.41) is 0. The molecule has 4 nitrogen and oxygen atoms in total. The summed E-state index contributed by atoms with van der Waals surface area (Å²) in [7, 11) is 0. The van der Waals surface area contributed by atoms with Crippen molar-refractivity contribution in [1.29, 1.82) is 0 Å². The second-order valence-corrected chi connectivity index (χ2v) is 3.80. The highest BCUT2D eigenvalue weighted by Gasteiger charge is 2.19. The van der Waals surface area contributed by atoms with E-state index in [0.717, 1.165) is 25.3 Å². The number of rotatable bonds is 1. The number of hydrogen-bond donors (Lipinski definition) is 1. The smallest absolute Gasteiger partial charge is 0.312 e. The number of aromatic amines is 1. The third-order valence-corrected chi connectivity index (χ3v) is 2.66. The van der Waals surface area contributed by atoms with Gasteiger partial charge in [0.1, 0.15) is 0 Å². The van der Waals surface area contributed by atoms with Gasteiger partial charge < -0.3 is 4.98 Å². The maximum atomic E-state index is 11.2. The molecular formula is C9H15N3O. The van der Waals surface area contributed by atoms with Crippen LogP contribution in [0.3, 0.4) is 0 Å². The number of nitrogens with one attached hydrogen (secondary N) is 1. The molecule has 4 heteroatoms. The van der Waals surface area contributed by atoms with Gasteiger partial charge in [0.15, 0.2) is 0 Å². The average molecular weight is 181 g/mol. The quantitative estimate of drug-likeness (QED) is 0.681. The van der Waals surface area contributed by atoms with E-state index >= 15 is 0 Å². The molecular weight excluding hydrogens is 166 g/mol. The molecule has 0 amide bonds. The molecule has 0 saturated carbocycles. The summed E-state index contributed by atoms with van der Waals surface area (Å²) in [5.41, 5.74) is 1.13. The molecule has 1 aliphatic rings. The standard InChI is InChI=1S/C9H15N3O/c1-7(2)11-3-4-12-8(6-11)5-10-9(12)13/h5,7H,3-4,6H2,1-2H3,(H,10,13). The van der Waals surface area contributed by atoms with Crippen LogP contribution >= 0.6 is 0 Å². The van der Waals surface area contributed by atoms with E-state index in [-0.39, 0.29) is 5.69 Å². The Hall–Kier alpha value is -1.03. The third-order valence-electron chi connectivity index (χ3n) is 2.66. The highest BCUT2D eigenvalue weighted by molar-refractivity contribution is 5.01. The van der Waals surface area contributed by atoms with Crippen LogP contribution in [0, 0.1) is 0 Å². The summed E-state index contributed by atoms with van der Waals surface area (Å²) in [6.07, 6.45) is 1.82. The molecule has 0 bridgehead atoms. The van der Waals surface area contributed by atoms with E-state index < -0.39 is 0 Å². The lowest BCUT2D eigenvalue weighted by Crippen LogP contribution is -2.40. The predicted octanol–water partition coefficient (Wildman–Crippen LogP) is 0.400. The zero-order valence-corrected chi connectivity index (χ0v) is 8.08. The number of aromatic nitrogens is 2. The Labute approximate surface area is 77.2 Å². The number of nitrogens with zero attached hydrogens (tertiary/aromatic N) is 2. The second kappa shape index (κ2) is 3.03. The fourth-order valence-electron chi connectivity index (χ4n) is 1.76. The van der Waals surface area contributed by atoms with Crippen LogP contribution in [-0.2, 0) is 13.1 Å². The molecule has 72 valence electrons. The van der Waals surface area contributed by atoms with E-state index in [4.69, 9.17) is 0 Å². The molecule has 0 aromatic carbocycles. The molecule has 0 spiro atoms. The van der Waals surface area contributed by atoms with Crippen LogP contribution in [0.1, 0.15) is 19.5 Å². The molecule has 0 aliphatic carbocycles. The monoisotopic (exact) mass is 181 g/mol. The largest absolute Gasteiger partial charge is 0.325 e. The van der Waals surface area contributed by atoms with Crippen molar-refractivity contribution >= 4 is 0 Å². The van der Waals surface area contributed by atoms with Crippen LogP contribution in [-0.4, -0.2) is 27.0 Å². The van der Waals surface area contributed by atoms with Gasteiger partial charge in [0, 0.05) is 31.9 Å². The first-order valence-corrected chi connectivity index (χ1v) is 4.69. The van der Waals surface area contributed by atoms with Crippen LogP contribution in [0.4, 0.5) is 0 Å². The van der Waals surface area contributed by atoms with E-state index in [0.29, 0.717) is 6.04 Å². The number of imidazole rings is 1. The normalized spacial score (nSPS) is 17.8. The summed E-state index contributed by atoms with van der Waals surface area (Å²) in [4.78, 5) is 16.3. The number of H-pyrrole nitrogens is 1. The zero-order valence-electron chi connectivity index (χ0n) is 8.08. The maximum absolute atomic E-state index is 11.2. The van der Waals surface area contributed by atoms with Crippen molar-refractivity contribution in [2.24, 2.45) is 0 Å². The minimum atomic E-state index is 0.0263. The Morgan fingerprint density at radius 3 is 2.92 bits per heavy atom. The molecule has 1 aliphatic heterocycles. The van der Waals surface area contributed by atoms with Crippen LogP contribution in [0.25, 0.3) is 0 Å². The fourth-order valence-corrected chi connectivity index (χ4v) is 1.76. The summed E-state index contributed by atoms with van der Waals surface area (Å²) in [5.74, 6) is 0. The van der Waals surface area contributed by atoms with Gasteiger partial charge >= 0.3 is 5.69 Å². The van der Waals surface area contributed by atoms with Crippen molar-refractivity contribution in [2.45, 2.75) is 33.0 Å². The van der Waals surface area contributed by atoms with Crippen molar-refractivity contribution in [3.8, 4) is 0 Å². The molecule has 2 heterocycles. The van der Waals surface area contributed by atoms with Crippen LogP contribution in [0.5, 0.6) is 0 Å². The predicted molar refractivity (Wildman–Crippen MR) is 50.6 cm³/mol. The van der Waals surface area contributed by atoms with Gasteiger partial charge in [0.05, 0.1) is 5.69 Å². The lowest BCUT2D eigenvalue weighted by atomic mass is 10.2. The van der Waals surface area contributed by atoms with E-state index in [2.05, 4.69) is 23.7 Å². The van der Waals surface area contributed by atoms with Gasteiger partial charge in [0.25, 0.3) is 0 Å². The van der Waals surface area contributed by atoms with Gasteiger partial charge in [-0.15, -0.1) is 0 Å². The first-order valence-electron chi connectivity index (χ1n) is 4.69. The highest BCUT2D eigenvalue weighted by Crippen LogP contribution is 2.11. The fraction of sp³-hybridized carbons (Fsp3) is 0.667. The SMILES string of the molecule is CC(C)N1CCn2c(c[nH]c2=O)C1.